The average Bonchev–Trinajstić information content (AvgIpc) is 2.13. The van der Waals surface area contributed by atoms with E-state index in [-0.39, 0.29) is 18.5 Å². The number of nitrogens with one attached hydrogen (secondary N) is 1. The van der Waals surface area contributed by atoms with E-state index in [1.165, 1.54) is 7.11 Å². The second-order valence-electron chi connectivity index (χ2n) is 2.69. The van der Waals surface area contributed by atoms with Gasteiger partial charge in [-0.25, -0.2) is 0 Å². The lowest BCUT2D eigenvalue weighted by Crippen LogP contribution is -2.28. The maximum Gasteiger partial charge on any atom is 0.305 e. The van der Waals surface area contributed by atoms with E-state index >= 15 is 0 Å². The zero-order chi connectivity index (χ0) is 10.8. The van der Waals surface area contributed by atoms with Crippen molar-refractivity contribution < 1.29 is 19.1 Å². The van der Waals surface area contributed by atoms with Crippen LogP contribution in [0.4, 0.5) is 0 Å². The number of carbonyl (C=O) groups excluding carboxylic acids is 2. The summed E-state index contributed by atoms with van der Waals surface area (Å²) in [5.41, 5.74) is 0. The Labute approximate surface area is 83.8 Å². The molecule has 0 bridgehead atoms. The van der Waals surface area contributed by atoms with Crippen LogP contribution < -0.4 is 5.32 Å². The molecule has 0 fully saturated rings. The van der Waals surface area contributed by atoms with E-state index in [4.69, 9.17) is 4.74 Å². The lowest BCUT2D eigenvalue weighted by atomic mass is 10.3. The number of amides is 1. The molecule has 0 aliphatic carbocycles. The highest BCUT2D eigenvalue weighted by Gasteiger charge is 2.02. The molecular formula is C9H17NO4. The Bertz CT molecular complexity index is 162. The van der Waals surface area contributed by atoms with Gasteiger partial charge >= 0.3 is 5.97 Å². The number of hydrogen-bond donors (Lipinski definition) is 1. The first-order valence-electron chi connectivity index (χ1n) is 4.62. The third kappa shape index (κ3) is 7.54. The van der Waals surface area contributed by atoms with E-state index in [1.807, 2.05) is 0 Å². The highest BCUT2D eigenvalue weighted by atomic mass is 16.5. The number of rotatable bonds is 7. The van der Waals surface area contributed by atoms with Crippen molar-refractivity contribution in [1.29, 1.82) is 0 Å². The van der Waals surface area contributed by atoms with Crippen LogP contribution in [0.1, 0.15) is 19.8 Å². The van der Waals surface area contributed by atoms with E-state index in [0.717, 1.165) is 0 Å². The molecule has 82 valence electrons. The Morgan fingerprint density at radius 1 is 1.36 bits per heavy atom. The van der Waals surface area contributed by atoms with Crippen molar-refractivity contribution in [2.45, 2.75) is 19.8 Å². The lowest BCUT2D eigenvalue weighted by molar-refractivity contribution is -0.143. The maximum atomic E-state index is 10.9. The fraction of sp³-hybridized carbons (Fsp3) is 0.778. The van der Waals surface area contributed by atoms with Crippen LogP contribution >= 0.6 is 0 Å². The normalized spacial score (nSPS) is 9.57. The lowest BCUT2D eigenvalue weighted by Gasteiger charge is -2.04. The fourth-order valence-corrected chi connectivity index (χ4v) is 0.876. The van der Waals surface area contributed by atoms with Crippen molar-refractivity contribution in [3.05, 3.63) is 0 Å². The highest BCUT2D eigenvalue weighted by Crippen LogP contribution is 1.91. The Kier molecular flexibility index (Phi) is 7.83. The number of carbonyl (C=O) groups is 2. The van der Waals surface area contributed by atoms with Gasteiger partial charge in [-0.1, -0.05) is 0 Å². The highest BCUT2D eigenvalue weighted by molar-refractivity contribution is 5.77. The number of ether oxygens (including phenoxy) is 2. The Balaban J connectivity index is 3.28. The maximum absolute atomic E-state index is 10.9. The van der Waals surface area contributed by atoms with Gasteiger partial charge in [-0.3, -0.25) is 9.59 Å². The van der Waals surface area contributed by atoms with Gasteiger partial charge in [-0.2, -0.15) is 0 Å². The molecule has 0 rings (SSSR count). The van der Waals surface area contributed by atoms with E-state index in [2.05, 4.69) is 10.1 Å². The van der Waals surface area contributed by atoms with Gasteiger partial charge in [0.15, 0.2) is 0 Å². The summed E-state index contributed by atoms with van der Waals surface area (Å²) >= 11 is 0. The summed E-state index contributed by atoms with van der Waals surface area (Å²) < 4.78 is 9.34. The predicted molar refractivity (Wildman–Crippen MR) is 50.8 cm³/mol. The van der Waals surface area contributed by atoms with E-state index < -0.39 is 0 Å². The molecule has 1 amide bonds. The molecule has 0 radical (unpaired) electrons. The topological polar surface area (TPSA) is 64.6 Å². The first-order chi connectivity index (χ1) is 6.70. The van der Waals surface area contributed by atoms with Gasteiger partial charge in [-0.15, -0.1) is 0 Å². The molecule has 14 heavy (non-hydrogen) atoms. The van der Waals surface area contributed by atoms with Gasteiger partial charge in [0.05, 0.1) is 6.61 Å². The quantitative estimate of drug-likeness (QED) is 0.470. The minimum absolute atomic E-state index is 0.0550. The third-order valence-corrected chi connectivity index (χ3v) is 1.46. The molecule has 0 saturated carbocycles. The predicted octanol–water partition coefficient (Wildman–Crippen LogP) is 0.0923. The van der Waals surface area contributed by atoms with Crippen LogP contribution in [0, 0.1) is 0 Å². The zero-order valence-corrected chi connectivity index (χ0v) is 8.67. The molecule has 5 nitrogen and oxygen atoms in total. The molecule has 1 N–H and O–H groups in total. The standard InChI is InChI=1S/C9H17NO4/c1-3-14-9(12)5-4-6-10-8(11)7-13-2/h3-7H2,1-2H3,(H,10,11). The second-order valence-corrected chi connectivity index (χ2v) is 2.69. The number of esters is 1. The third-order valence-electron chi connectivity index (χ3n) is 1.46. The van der Waals surface area contributed by atoms with E-state index in [0.29, 0.717) is 26.0 Å². The Hall–Kier alpha value is -1.10. The monoisotopic (exact) mass is 203 g/mol. The molecular weight excluding hydrogens is 186 g/mol. The Morgan fingerprint density at radius 2 is 2.07 bits per heavy atom. The van der Waals surface area contributed by atoms with Crippen LogP contribution in [0.15, 0.2) is 0 Å². The molecule has 0 aliphatic heterocycles. The van der Waals surface area contributed by atoms with Crippen molar-refractivity contribution in [3.8, 4) is 0 Å². The SMILES string of the molecule is CCOC(=O)CCCNC(=O)COC. The molecule has 5 heteroatoms. The minimum Gasteiger partial charge on any atom is -0.466 e. The van der Waals surface area contributed by atoms with E-state index in [9.17, 15) is 9.59 Å². The summed E-state index contributed by atoms with van der Waals surface area (Å²) in [5.74, 6) is -0.398. The van der Waals surface area contributed by atoms with Crippen molar-refractivity contribution >= 4 is 11.9 Å². The molecule has 0 aromatic carbocycles. The van der Waals surface area contributed by atoms with Gasteiger partial charge in [0.2, 0.25) is 5.91 Å². The molecule has 0 unspecified atom stereocenters. The molecule has 0 atom stereocenters. The van der Waals surface area contributed by atoms with Crippen LogP contribution in [0.5, 0.6) is 0 Å². The van der Waals surface area contributed by atoms with Crippen LogP contribution in [0.3, 0.4) is 0 Å². The minimum atomic E-state index is -0.228. The summed E-state index contributed by atoms with van der Waals surface area (Å²) in [6.07, 6.45) is 0.926. The summed E-state index contributed by atoms with van der Waals surface area (Å²) in [6, 6.07) is 0. The molecule has 0 heterocycles. The summed E-state index contributed by atoms with van der Waals surface area (Å²) in [5, 5.41) is 2.61. The second kappa shape index (κ2) is 8.50. The average molecular weight is 203 g/mol. The van der Waals surface area contributed by atoms with Gasteiger partial charge < -0.3 is 14.8 Å². The van der Waals surface area contributed by atoms with Crippen molar-refractivity contribution in [3.63, 3.8) is 0 Å². The molecule has 0 aromatic heterocycles. The molecule has 0 aliphatic rings. The largest absolute Gasteiger partial charge is 0.466 e. The number of hydrogen-bond acceptors (Lipinski definition) is 4. The van der Waals surface area contributed by atoms with Crippen LogP contribution in [-0.4, -0.2) is 38.7 Å². The van der Waals surface area contributed by atoms with Crippen molar-refractivity contribution in [1.82, 2.24) is 5.32 Å². The first kappa shape index (κ1) is 12.9. The summed E-state index contributed by atoms with van der Waals surface area (Å²) in [4.78, 5) is 21.7. The van der Waals surface area contributed by atoms with Gasteiger partial charge in [0.1, 0.15) is 6.61 Å². The Morgan fingerprint density at radius 3 is 2.64 bits per heavy atom. The van der Waals surface area contributed by atoms with Gasteiger partial charge in [-0.05, 0) is 13.3 Å². The van der Waals surface area contributed by atoms with Crippen molar-refractivity contribution in [2.75, 3.05) is 26.9 Å². The summed E-state index contributed by atoms with van der Waals surface area (Å²) in [6.45, 7) is 2.69. The molecule has 0 spiro atoms. The van der Waals surface area contributed by atoms with Crippen LogP contribution in [0.25, 0.3) is 0 Å². The van der Waals surface area contributed by atoms with E-state index in [1.54, 1.807) is 6.92 Å². The molecule has 0 aromatic rings. The van der Waals surface area contributed by atoms with Gasteiger partial charge in [0, 0.05) is 20.1 Å². The smallest absolute Gasteiger partial charge is 0.305 e. The van der Waals surface area contributed by atoms with Gasteiger partial charge in [0.25, 0.3) is 0 Å². The van der Waals surface area contributed by atoms with Crippen molar-refractivity contribution in [2.24, 2.45) is 0 Å². The first-order valence-corrected chi connectivity index (χ1v) is 4.62. The summed E-state index contributed by atoms with van der Waals surface area (Å²) in [7, 11) is 1.46. The van der Waals surface area contributed by atoms with Crippen LogP contribution in [0.2, 0.25) is 0 Å². The number of methoxy groups -OCH3 is 1. The molecule has 0 saturated heterocycles. The zero-order valence-electron chi connectivity index (χ0n) is 8.67. The van der Waals surface area contributed by atoms with Crippen LogP contribution in [-0.2, 0) is 19.1 Å². The fourth-order valence-electron chi connectivity index (χ4n) is 0.876.